The Morgan fingerprint density at radius 1 is 1.00 bits per heavy atom. The van der Waals surface area contributed by atoms with Crippen molar-refractivity contribution >= 4 is 5.97 Å². The minimum atomic E-state index is -0.835. The van der Waals surface area contributed by atoms with Crippen molar-refractivity contribution < 1.29 is 15.0 Å². The van der Waals surface area contributed by atoms with Gasteiger partial charge in [-0.1, -0.05) is 46.4 Å². The summed E-state index contributed by atoms with van der Waals surface area (Å²) in [6.45, 7) is 11.9. The van der Waals surface area contributed by atoms with E-state index >= 15 is 0 Å². The van der Waals surface area contributed by atoms with Gasteiger partial charge in [0.1, 0.15) is 0 Å². The van der Waals surface area contributed by atoms with E-state index in [2.05, 4.69) is 40.3 Å². The molecule has 0 radical (unpaired) electrons. The summed E-state index contributed by atoms with van der Waals surface area (Å²) in [7, 11) is 0. The number of rotatable bonds is 6. The van der Waals surface area contributed by atoms with Gasteiger partial charge in [0.2, 0.25) is 0 Å². The molecule has 1 aromatic rings. The fourth-order valence-electron chi connectivity index (χ4n) is 2.49. The van der Waals surface area contributed by atoms with Crippen molar-refractivity contribution in [3.05, 3.63) is 46.7 Å². The lowest BCUT2D eigenvalue weighted by molar-refractivity contribution is -0.136. The molecule has 2 N–H and O–H groups in total. The van der Waals surface area contributed by atoms with Crippen LogP contribution in [0.4, 0.5) is 0 Å². The third kappa shape index (κ3) is 4.12. The highest BCUT2D eigenvalue weighted by Crippen LogP contribution is 2.29. The molecule has 0 aliphatic heterocycles. The molecule has 0 bridgehead atoms. The van der Waals surface area contributed by atoms with E-state index in [0.717, 1.165) is 22.3 Å². The van der Waals surface area contributed by atoms with Gasteiger partial charge in [-0.3, -0.25) is 4.79 Å². The van der Waals surface area contributed by atoms with Crippen molar-refractivity contribution in [2.45, 2.75) is 52.4 Å². The zero-order valence-electron chi connectivity index (χ0n) is 12.7. The zero-order valence-corrected chi connectivity index (χ0v) is 12.7. The molecule has 0 fully saturated rings. The van der Waals surface area contributed by atoms with Gasteiger partial charge < -0.3 is 10.2 Å². The number of carboxylic acids is 1. The maximum absolute atomic E-state index is 11.0. The molecule has 0 spiro atoms. The Labute approximate surface area is 121 Å². The largest absolute Gasteiger partial charge is 0.513 e. The summed E-state index contributed by atoms with van der Waals surface area (Å²) in [6.07, 6.45) is 0.384. The van der Waals surface area contributed by atoms with Gasteiger partial charge >= 0.3 is 5.97 Å². The van der Waals surface area contributed by atoms with E-state index < -0.39 is 5.97 Å². The van der Waals surface area contributed by atoms with Gasteiger partial charge in [0.15, 0.2) is 0 Å². The van der Waals surface area contributed by atoms with Crippen molar-refractivity contribution in [3.8, 4) is 0 Å². The molecule has 0 heterocycles. The van der Waals surface area contributed by atoms with Crippen LogP contribution >= 0.6 is 0 Å². The number of aliphatic carboxylic acids is 1. The summed E-state index contributed by atoms with van der Waals surface area (Å²) < 4.78 is 0. The zero-order chi connectivity index (χ0) is 15.4. The van der Waals surface area contributed by atoms with Gasteiger partial charge in [0.05, 0.1) is 12.2 Å². The monoisotopic (exact) mass is 276 g/mol. The Kier molecular flexibility index (Phi) is 5.37. The molecule has 0 aliphatic carbocycles. The quantitative estimate of drug-likeness (QED) is 0.766. The predicted molar refractivity (Wildman–Crippen MR) is 81.4 cm³/mol. The molecule has 0 aromatic heterocycles. The third-order valence-electron chi connectivity index (χ3n) is 3.38. The molecule has 3 heteroatoms. The highest BCUT2D eigenvalue weighted by atomic mass is 16.4. The van der Waals surface area contributed by atoms with Crippen LogP contribution < -0.4 is 0 Å². The van der Waals surface area contributed by atoms with Gasteiger partial charge in [-0.2, -0.15) is 0 Å². The van der Waals surface area contributed by atoms with E-state index in [4.69, 9.17) is 5.11 Å². The molecule has 3 nitrogen and oxygen atoms in total. The average Bonchev–Trinajstić information content (AvgIpc) is 2.26. The summed E-state index contributed by atoms with van der Waals surface area (Å²) in [5, 5.41) is 18.5. The number of carbonyl (C=O) groups is 1. The van der Waals surface area contributed by atoms with E-state index in [-0.39, 0.29) is 18.1 Å². The smallest absolute Gasteiger partial charge is 0.307 e. The molecule has 0 atom stereocenters. The summed E-state index contributed by atoms with van der Waals surface area (Å²) in [5.41, 5.74) is 4.02. The molecule has 110 valence electrons. The first-order valence-corrected chi connectivity index (χ1v) is 6.96. The fourth-order valence-corrected chi connectivity index (χ4v) is 2.49. The average molecular weight is 276 g/mol. The number of benzene rings is 1. The molecule has 0 aliphatic rings. The second kappa shape index (κ2) is 6.60. The highest BCUT2D eigenvalue weighted by molar-refractivity contribution is 5.71. The molecule has 1 rings (SSSR count). The van der Waals surface area contributed by atoms with E-state index in [1.54, 1.807) is 0 Å². The van der Waals surface area contributed by atoms with Crippen LogP contribution in [0, 0.1) is 0 Å². The molecule has 1 aromatic carbocycles. The fraction of sp³-hybridized carbons (Fsp3) is 0.471. The second-order valence-electron chi connectivity index (χ2n) is 5.87. The minimum Gasteiger partial charge on any atom is -0.513 e. The number of allylic oxidation sites excluding steroid dienone is 1. The molecule has 20 heavy (non-hydrogen) atoms. The molecule has 0 saturated carbocycles. The van der Waals surface area contributed by atoms with E-state index in [0.29, 0.717) is 12.3 Å². The Morgan fingerprint density at radius 2 is 1.45 bits per heavy atom. The molecule has 0 unspecified atom stereocenters. The SMILES string of the molecule is C=C(O)Cc1cc(CC(=O)O)c(C(C)C)cc1C(C)C. The van der Waals surface area contributed by atoms with Crippen LogP contribution in [0.3, 0.4) is 0 Å². The van der Waals surface area contributed by atoms with Crippen molar-refractivity contribution in [1.29, 1.82) is 0 Å². The maximum atomic E-state index is 11.0. The Morgan fingerprint density at radius 3 is 1.80 bits per heavy atom. The topological polar surface area (TPSA) is 57.5 Å². The Bertz CT molecular complexity index is 470. The third-order valence-corrected chi connectivity index (χ3v) is 3.38. The lowest BCUT2D eigenvalue weighted by atomic mass is 9.86. The highest BCUT2D eigenvalue weighted by Gasteiger charge is 2.16. The second-order valence-corrected chi connectivity index (χ2v) is 5.87. The van der Waals surface area contributed by atoms with E-state index in [1.165, 1.54) is 0 Å². The maximum Gasteiger partial charge on any atom is 0.307 e. The minimum absolute atomic E-state index is 0.0107. The van der Waals surface area contributed by atoms with Gasteiger partial charge in [-0.15, -0.1) is 0 Å². The van der Waals surface area contributed by atoms with Gasteiger partial charge in [-0.05, 0) is 34.1 Å². The van der Waals surface area contributed by atoms with Gasteiger partial charge in [-0.25, -0.2) is 0 Å². The first-order valence-electron chi connectivity index (χ1n) is 6.96. The summed E-state index contributed by atoms with van der Waals surface area (Å²) in [6, 6.07) is 4.01. The van der Waals surface area contributed by atoms with E-state index in [1.807, 2.05) is 6.07 Å². The van der Waals surface area contributed by atoms with Crippen LogP contribution in [0.1, 0.15) is 61.8 Å². The Hall–Kier alpha value is -1.77. The molecule has 0 amide bonds. The number of aliphatic hydroxyl groups excluding tert-OH is 1. The van der Waals surface area contributed by atoms with Crippen LogP contribution in [0.25, 0.3) is 0 Å². The number of carboxylic acid groups (broad SMARTS) is 1. The van der Waals surface area contributed by atoms with Gasteiger partial charge in [0, 0.05) is 6.42 Å². The molecule has 0 saturated heterocycles. The van der Waals surface area contributed by atoms with Crippen LogP contribution in [0.15, 0.2) is 24.5 Å². The first-order chi connectivity index (χ1) is 9.22. The van der Waals surface area contributed by atoms with Gasteiger partial charge in [0.25, 0.3) is 0 Å². The van der Waals surface area contributed by atoms with Crippen LogP contribution in [-0.2, 0) is 17.6 Å². The normalized spacial score (nSPS) is 11.1. The predicted octanol–water partition coefficient (Wildman–Crippen LogP) is 4.17. The van der Waals surface area contributed by atoms with Crippen LogP contribution in [0.5, 0.6) is 0 Å². The first kappa shape index (κ1) is 16.3. The lowest BCUT2D eigenvalue weighted by Crippen LogP contribution is -2.09. The number of hydrogen-bond acceptors (Lipinski definition) is 2. The number of aliphatic hydroxyl groups is 1. The van der Waals surface area contributed by atoms with E-state index in [9.17, 15) is 9.90 Å². The van der Waals surface area contributed by atoms with Crippen LogP contribution in [-0.4, -0.2) is 16.2 Å². The van der Waals surface area contributed by atoms with Crippen molar-refractivity contribution in [2.24, 2.45) is 0 Å². The van der Waals surface area contributed by atoms with Crippen molar-refractivity contribution in [2.75, 3.05) is 0 Å². The van der Waals surface area contributed by atoms with Crippen LogP contribution in [0.2, 0.25) is 0 Å². The summed E-state index contributed by atoms with van der Waals surface area (Å²) >= 11 is 0. The van der Waals surface area contributed by atoms with Crippen molar-refractivity contribution in [1.82, 2.24) is 0 Å². The molecular weight excluding hydrogens is 252 g/mol. The molecular formula is C17H24O3. The number of hydrogen-bond donors (Lipinski definition) is 2. The standard InChI is InChI=1S/C17H24O3/c1-10(2)15-9-16(11(3)4)14(8-17(19)20)7-13(15)6-12(5)18/h7,9-11,18H,5-6,8H2,1-4H3,(H,19,20). The lowest BCUT2D eigenvalue weighted by Gasteiger charge is -2.20. The van der Waals surface area contributed by atoms with Crippen molar-refractivity contribution in [3.63, 3.8) is 0 Å². The Balaban J connectivity index is 3.42. The summed E-state index contributed by atoms with van der Waals surface area (Å²) in [5.74, 6) is -0.141. The summed E-state index contributed by atoms with van der Waals surface area (Å²) in [4.78, 5) is 11.0.